The maximum atomic E-state index is 11.4. The molecule has 0 aliphatic carbocycles. The molecule has 1 aliphatic heterocycles. The van der Waals surface area contributed by atoms with Crippen LogP contribution in [0.1, 0.15) is 0 Å². The van der Waals surface area contributed by atoms with Crippen LogP contribution in [-0.2, 0) is 4.79 Å². The van der Waals surface area contributed by atoms with Gasteiger partial charge in [-0.05, 0) is 12.1 Å². The highest BCUT2D eigenvalue weighted by Crippen LogP contribution is 2.13. The first-order chi connectivity index (χ1) is 7.68. The van der Waals surface area contributed by atoms with Gasteiger partial charge in [0, 0.05) is 7.05 Å². The molecule has 1 fully saturated rings. The highest BCUT2D eigenvalue weighted by molar-refractivity contribution is 6.04. The quantitative estimate of drug-likeness (QED) is 0.727. The van der Waals surface area contributed by atoms with Crippen molar-refractivity contribution in [1.29, 1.82) is 5.41 Å². The first kappa shape index (κ1) is 10.3. The highest BCUT2D eigenvalue weighted by atomic mass is 16.2. The first-order valence-electron chi connectivity index (χ1n) is 4.76. The van der Waals surface area contributed by atoms with Crippen molar-refractivity contribution in [3.05, 3.63) is 30.3 Å². The Bertz CT molecular complexity index is 442. The number of benzene rings is 1. The molecule has 1 saturated heterocycles. The molecule has 1 heterocycles. The third-order valence-corrected chi connectivity index (χ3v) is 2.23. The monoisotopic (exact) mass is 217 g/mol. The second kappa shape index (κ2) is 4.09. The minimum atomic E-state index is -0.743. The molecule has 1 aliphatic rings. The molecule has 1 atom stereocenters. The highest BCUT2D eigenvalue weighted by Gasteiger charge is 2.33. The van der Waals surface area contributed by atoms with E-state index in [1.165, 1.54) is 4.90 Å². The van der Waals surface area contributed by atoms with Crippen LogP contribution in [0.15, 0.2) is 40.6 Å². The van der Waals surface area contributed by atoms with Crippen molar-refractivity contribution in [3.63, 3.8) is 0 Å². The van der Waals surface area contributed by atoms with Gasteiger partial charge in [-0.3, -0.25) is 15.5 Å². The van der Waals surface area contributed by atoms with Crippen molar-refractivity contribution in [2.45, 2.75) is 6.17 Å². The summed E-state index contributed by atoms with van der Waals surface area (Å²) in [5.74, 6) is -0.283. The Morgan fingerprint density at radius 3 is 2.62 bits per heavy atom. The molecular formula is C10H11N5O. The van der Waals surface area contributed by atoms with Crippen LogP contribution >= 0.6 is 0 Å². The van der Waals surface area contributed by atoms with E-state index in [1.807, 2.05) is 18.2 Å². The van der Waals surface area contributed by atoms with Crippen molar-refractivity contribution >= 4 is 17.6 Å². The molecule has 2 rings (SSSR count). The lowest BCUT2D eigenvalue weighted by molar-refractivity contribution is -0.121. The van der Waals surface area contributed by atoms with Gasteiger partial charge >= 0.3 is 0 Å². The number of amides is 1. The second-order valence-electron chi connectivity index (χ2n) is 3.37. The van der Waals surface area contributed by atoms with E-state index >= 15 is 0 Å². The summed E-state index contributed by atoms with van der Waals surface area (Å²) in [5.41, 5.74) is 0.683. The smallest absolute Gasteiger partial charge is 0.274 e. The van der Waals surface area contributed by atoms with Crippen LogP contribution in [0.25, 0.3) is 0 Å². The molecule has 0 saturated carbocycles. The van der Waals surface area contributed by atoms with Crippen LogP contribution in [0.4, 0.5) is 5.69 Å². The van der Waals surface area contributed by atoms with Gasteiger partial charge in [0.1, 0.15) is 0 Å². The summed E-state index contributed by atoms with van der Waals surface area (Å²) >= 11 is 0. The molecule has 0 spiro atoms. The zero-order valence-electron chi connectivity index (χ0n) is 8.71. The van der Waals surface area contributed by atoms with Gasteiger partial charge in [0.15, 0.2) is 5.96 Å². The van der Waals surface area contributed by atoms with Crippen LogP contribution in [0, 0.1) is 5.41 Å². The van der Waals surface area contributed by atoms with Crippen LogP contribution in [0.5, 0.6) is 0 Å². The fourth-order valence-electron chi connectivity index (χ4n) is 1.31. The van der Waals surface area contributed by atoms with E-state index in [2.05, 4.69) is 15.5 Å². The lowest BCUT2D eigenvalue weighted by atomic mass is 10.3. The molecule has 6 nitrogen and oxygen atoms in total. The number of rotatable bonds is 2. The number of azo groups is 1. The summed E-state index contributed by atoms with van der Waals surface area (Å²) in [7, 11) is 1.62. The standard InChI is InChI=1S/C10H11N5O/c1-15-8(9(16)12-10(15)11)14-13-7-5-3-2-4-6-7/h2-6,8H,1H3,(H2,11,12,16). The van der Waals surface area contributed by atoms with Crippen LogP contribution in [-0.4, -0.2) is 30.0 Å². The lowest BCUT2D eigenvalue weighted by Gasteiger charge is -2.11. The fourth-order valence-corrected chi connectivity index (χ4v) is 1.31. The molecule has 1 aromatic carbocycles. The Balaban J connectivity index is 2.13. The SMILES string of the molecule is CN1C(=N)NC(=O)C1N=Nc1ccccc1. The molecule has 0 bridgehead atoms. The molecule has 6 heteroatoms. The molecule has 1 amide bonds. The number of nitrogens with zero attached hydrogens (tertiary/aromatic N) is 3. The number of carbonyl (C=O) groups excluding carboxylic acids is 1. The molecule has 0 aromatic heterocycles. The van der Waals surface area contributed by atoms with Crippen molar-refractivity contribution in [2.75, 3.05) is 7.05 Å². The van der Waals surface area contributed by atoms with Gasteiger partial charge in [0.2, 0.25) is 6.17 Å². The molecular weight excluding hydrogens is 206 g/mol. The summed E-state index contributed by atoms with van der Waals surface area (Å²) in [6, 6.07) is 9.15. The summed E-state index contributed by atoms with van der Waals surface area (Å²) in [6.07, 6.45) is -0.743. The molecule has 2 N–H and O–H groups in total. The molecule has 82 valence electrons. The second-order valence-corrected chi connectivity index (χ2v) is 3.37. The number of nitrogens with one attached hydrogen (secondary N) is 2. The molecule has 0 radical (unpaired) electrons. The van der Waals surface area contributed by atoms with Gasteiger partial charge in [-0.15, -0.1) is 0 Å². The van der Waals surface area contributed by atoms with Gasteiger partial charge in [0.25, 0.3) is 5.91 Å². The number of carbonyl (C=O) groups is 1. The van der Waals surface area contributed by atoms with Gasteiger partial charge in [-0.2, -0.15) is 10.2 Å². The van der Waals surface area contributed by atoms with Gasteiger partial charge in [-0.25, -0.2) is 0 Å². The number of hydrogen-bond acceptors (Lipinski definition) is 4. The normalized spacial score (nSPS) is 20.6. The predicted octanol–water partition coefficient (Wildman–Crippen LogP) is 1.09. The number of hydrogen-bond donors (Lipinski definition) is 2. The third kappa shape index (κ3) is 1.90. The van der Waals surface area contributed by atoms with Crippen molar-refractivity contribution in [3.8, 4) is 0 Å². The van der Waals surface area contributed by atoms with Crippen molar-refractivity contribution in [2.24, 2.45) is 10.2 Å². The Morgan fingerprint density at radius 2 is 2.06 bits per heavy atom. The van der Waals surface area contributed by atoms with Crippen LogP contribution < -0.4 is 5.32 Å². The predicted molar refractivity (Wildman–Crippen MR) is 58.4 cm³/mol. The van der Waals surface area contributed by atoms with E-state index in [9.17, 15) is 4.79 Å². The lowest BCUT2D eigenvalue weighted by Crippen LogP contribution is -2.29. The Hall–Kier alpha value is -2.24. The first-order valence-corrected chi connectivity index (χ1v) is 4.76. The fraction of sp³-hybridized carbons (Fsp3) is 0.200. The van der Waals surface area contributed by atoms with Crippen molar-refractivity contribution in [1.82, 2.24) is 10.2 Å². The topological polar surface area (TPSA) is 80.9 Å². The average Bonchev–Trinajstić information content (AvgIpc) is 2.53. The van der Waals surface area contributed by atoms with Crippen LogP contribution in [0.3, 0.4) is 0 Å². The molecule has 1 aromatic rings. The van der Waals surface area contributed by atoms with E-state index in [-0.39, 0.29) is 11.9 Å². The zero-order chi connectivity index (χ0) is 11.5. The van der Waals surface area contributed by atoms with E-state index < -0.39 is 6.17 Å². The van der Waals surface area contributed by atoms with E-state index in [0.717, 1.165) is 0 Å². The van der Waals surface area contributed by atoms with E-state index in [0.29, 0.717) is 5.69 Å². The minimum absolute atomic E-state index is 0.0435. The number of guanidine groups is 1. The van der Waals surface area contributed by atoms with Gasteiger partial charge < -0.3 is 4.90 Å². The summed E-state index contributed by atoms with van der Waals surface area (Å²) in [5, 5.41) is 17.6. The zero-order valence-corrected chi connectivity index (χ0v) is 8.71. The van der Waals surface area contributed by atoms with Crippen molar-refractivity contribution < 1.29 is 4.79 Å². The maximum Gasteiger partial charge on any atom is 0.274 e. The van der Waals surface area contributed by atoms with Gasteiger partial charge in [0.05, 0.1) is 5.69 Å². The largest absolute Gasteiger partial charge is 0.314 e. The average molecular weight is 217 g/mol. The number of likely N-dealkylation sites (N-methyl/N-ethyl adjacent to an activating group) is 1. The van der Waals surface area contributed by atoms with E-state index in [4.69, 9.17) is 5.41 Å². The summed E-state index contributed by atoms with van der Waals surface area (Å²) in [6.45, 7) is 0. The Morgan fingerprint density at radius 1 is 1.38 bits per heavy atom. The van der Waals surface area contributed by atoms with Gasteiger partial charge in [-0.1, -0.05) is 18.2 Å². The maximum absolute atomic E-state index is 11.4. The minimum Gasteiger partial charge on any atom is -0.314 e. The molecule has 16 heavy (non-hydrogen) atoms. The third-order valence-electron chi connectivity index (χ3n) is 2.23. The van der Waals surface area contributed by atoms with E-state index in [1.54, 1.807) is 19.2 Å². The molecule has 1 unspecified atom stereocenters. The Labute approximate surface area is 92.5 Å². The van der Waals surface area contributed by atoms with Crippen LogP contribution in [0.2, 0.25) is 0 Å². The Kier molecular flexibility index (Phi) is 2.63. The summed E-state index contributed by atoms with van der Waals surface area (Å²) in [4.78, 5) is 12.8. The summed E-state index contributed by atoms with van der Waals surface area (Å²) < 4.78 is 0.